The number of unbranched alkanes of at least 4 members (excludes halogenated alkanes) is 1. The Morgan fingerprint density at radius 3 is 2.42 bits per heavy atom. The van der Waals surface area contributed by atoms with Crippen molar-refractivity contribution in [3.8, 4) is 22.5 Å². The highest BCUT2D eigenvalue weighted by Gasteiger charge is 2.23. The Balaban J connectivity index is 1.66. The number of aromatic amines is 1. The molecule has 170 valence electrons. The fourth-order valence-electron chi connectivity index (χ4n) is 4.21. The van der Waals surface area contributed by atoms with Gasteiger partial charge in [-0.1, -0.05) is 75.7 Å². The van der Waals surface area contributed by atoms with Crippen LogP contribution in [0, 0.1) is 0 Å². The quantitative estimate of drug-likeness (QED) is 0.399. The number of hydrogen-bond acceptors (Lipinski definition) is 5. The van der Waals surface area contributed by atoms with Crippen LogP contribution in [0.15, 0.2) is 48.5 Å². The number of nitrogens with zero attached hydrogens (tertiary/aromatic N) is 5. The molecule has 0 fully saturated rings. The van der Waals surface area contributed by atoms with E-state index in [4.69, 9.17) is 5.73 Å². The van der Waals surface area contributed by atoms with Gasteiger partial charge in [0.2, 0.25) is 5.82 Å². The predicted octanol–water partition coefficient (Wildman–Crippen LogP) is 4.34. The number of primary amides is 1. The molecule has 0 saturated carbocycles. The Labute approximate surface area is 193 Å². The van der Waals surface area contributed by atoms with Crippen LogP contribution in [-0.4, -0.2) is 36.3 Å². The summed E-state index contributed by atoms with van der Waals surface area (Å²) in [6.07, 6.45) is 2.99. The van der Waals surface area contributed by atoms with Gasteiger partial charge in [0.1, 0.15) is 0 Å². The summed E-state index contributed by atoms with van der Waals surface area (Å²) in [7, 11) is 0. The number of rotatable bonds is 9. The van der Waals surface area contributed by atoms with Crippen LogP contribution in [0.25, 0.3) is 22.5 Å². The lowest BCUT2D eigenvalue weighted by Gasteiger charge is -2.12. The minimum absolute atomic E-state index is 0.178. The molecule has 0 aliphatic heterocycles. The summed E-state index contributed by atoms with van der Waals surface area (Å²) in [5.74, 6) is 0.271. The van der Waals surface area contributed by atoms with Crippen LogP contribution in [0.4, 0.5) is 0 Å². The van der Waals surface area contributed by atoms with Crippen molar-refractivity contribution in [2.75, 3.05) is 0 Å². The van der Waals surface area contributed by atoms with E-state index in [-0.39, 0.29) is 5.92 Å². The number of H-pyrrole nitrogens is 1. The molecule has 2 aromatic carbocycles. The summed E-state index contributed by atoms with van der Waals surface area (Å²) < 4.78 is 1.95. The molecule has 0 bridgehead atoms. The van der Waals surface area contributed by atoms with Crippen LogP contribution >= 0.6 is 0 Å². The molecule has 3 N–H and O–H groups in total. The number of aromatic nitrogens is 6. The smallest absolute Gasteiger partial charge is 0.269 e. The van der Waals surface area contributed by atoms with Crippen LogP contribution in [0.2, 0.25) is 0 Å². The number of carbonyl (C=O) groups excluding carboxylic acids is 1. The van der Waals surface area contributed by atoms with E-state index in [0.29, 0.717) is 18.1 Å². The zero-order chi connectivity index (χ0) is 23.4. The van der Waals surface area contributed by atoms with E-state index in [1.165, 1.54) is 0 Å². The lowest BCUT2D eigenvalue weighted by atomic mass is 9.97. The zero-order valence-corrected chi connectivity index (χ0v) is 19.2. The van der Waals surface area contributed by atoms with E-state index in [2.05, 4.69) is 70.8 Å². The van der Waals surface area contributed by atoms with E-state index in [1.807, 2.05) is 28.9 Å². The Kier molecular flexibility index (Phi) is 6.63. The van der Waals surface area contributed by atoms with Gasteiger partial charge < -0.3 is 5.73 Å². The number of nitrogens with two attached hydrogens (primary N) is 1. The van der Waals surface area contributed by atoms with Gasteiger partial charge in [0, 0.05) is 16.8 Å². The van der Waals surface area contributed by atoms with E-state index in [0.717, 1.165) is 52.8 Å². The number of benzene rings is 2. The highest BCUT2D eigenvalue weighted by molar-refractivity contribution is 5.92. The van der Waals surface area contributed by atoms with E-state index >= 15 is 0 Å². The Morgan fingerprint density at radius 1 is 1.09 bits per heavy atom. The molecular formula is C25H29N7O. The molecular weight excluding hydrogens is 414 g/mol. The standard InChI is InChI=1S/C25H29N7O/c1-4-5-10-21-22(16(2)3)23(24(26)33)29-32(21)15-17-11-13-18(14-12-17)19-8-6-7-9-20(19)25-27-30-31-28-25/h6-9,11-14,16H,4-5,10,15H2,1-3H3,(H2,26,33)(H,27,28,30,31). The maximum atomic E-state index is 12.1. The lowest BCUT2D eigenvalue weighted by Crippen LogP contribution is -2.15. The second-order valence-electron chi connectivity index (χ2n) is 8.47. The van der Waals surface area contributed by atoms with Gasteiger partial charge in [0.15, 0.2) is 5.69 Å². The van der Waals surface area contributed by atoms with Crippen molar-refractivity contribution in [2.45, 2.75) is 52.5 Å². The molecule has 0 unspecified atom stereocenters. The highest BCUT2D eigenvalue weighted by Crippen LogP contribution is 2.30. The van der Waals surface area contributed by atoms with Crippen molar-refractivity contribution in [3.63, 3.8) is 0 Å². The molecule has 0 saturated heterocycles. The van der Waals surface area contributed by atoms with Gasteiger partial charge >= 0.3 is 0 Å². The van der Waals surface area contributed by atoms with Gasteiger partial charge in [-0.3, -0.25) is 9.48 Å². The molecule has 8 nitrogen and oxygen atoms in total. The summed E-state index contributed by atoms with van der Waals surface area (Å²) in [5.41, 5.74) is 12.2. The maximum Gasteiger partial charge on any atom is 0.269 e. The second-order valence-corrected chi connectivity index (χ2v) is 8.47. The van der Waals surface area contributed by atoms with Crippen LogP contribution in [-0.2, 0) is 13.0 Å². The fourth-order valence-corrected chi connectivity index (χ4v) is 4.21. The van der Waals surface area contributed by atoms with Crippen LogP contribution < -0.4 is 5.73 Å². The van der Waals surface area contributed by atoms with Gasteiger partial charge in [-0.2, -0.15) is 10.3 Å². The van der Waals surface area contributed by atoms with Crippen molar-refractivity contribution in [1.29, 1.82) is 0 Å². The third-order valence-corrected chi connectivity index (χ3v) is 5.79. The third-order valence-electron chi connectivity index (χ3n) is 5.79. The van der Waals surface area contributed by atoms with Crippen molar-refractivity contribution < 1.29 is 4.79 Å². The van der Waals surface area contributed by atoms with Gasteiger partial charge in [0.05, 0.1) is 6.54 Å². The molecule has 8 heteroatoms. The monoisotopic (exact) mass is 443 g/mol. The number of amides is 1. The van der Waals surface area contributed by atoms with E-state index in [1.54, 1.807) is 0 Å². The highest BCUT2D eigenvalue weighted by atomic mass is 16.1. The molecule has 0 aliphatic rings. The minimum Gasteiger partial charge on any atom is -0.364 e. The van der Waals surface area contributed by atoms with E-state index < -0.39 is 5.91 Å². The van der Waals surface area contributed by atoms with Crippen molar-refractivity contribution in [1.82, 2.24) is 30.4 Å². The number of carbonyl (C=O) groups is 1. The molecule has 1 amide bonds. The molecule has 2 aromatic heterocycles. The number of nitrogens with one attached hydrogen (secondary N) is 1. The molecule has 0 radical (unpaired) electrons. The van der Waals surface area contributed by atoms with Gasteiger partial charge in [-0.25, -0.2) is 0 Å². The largest absolute Gasteiger partial charge is 0.364 e. The second kappa shape index (κ2) is 9.77. The molecule has 0 spiro atoms. The number of hydrogen-bond donors (Lipinski definition) is 2. The first kappa shape index (κ1) is 22.4. The molecule has 4 rings (SSSR count). The van der Waals surface area contributed by atoms with Crippen LogP contribution in [0.5, 0.6) is 0 Å². The third kappa shape index (κ3) is 4.69. The molecule has 0 atom stereocenters. The fraction of sp³-hybridized carbons (Fsp3) is 0.320. The summed E-state index contributed by atoms with van der Waals surface area (Å²) in [4.78, 5) is 12.1. The van der Waals surface area contributed by atoms with Gasteiger partial charge in [-0.15, -0.1) is 10.2 Å². The zero-order valence-electron chi connectivity index (χ0n) is 19.2. The molecule has 33 heavy (non-hydrogen) atoms. The Bertz CT molecular complexity index is 1220. The van der Waals surface area contributed by atoms with Crippen molar-refractivity contribution in [2.24, 2.45) is 5.73 Å². The normalized spacial score (nSPS) is 11.3. The first-order chi connectivity index (χ1) is 16.0. The average molecular weight is 444 g/mol. The molecule has 4 aromatic rings. The molecule has 0 aliphatic carbocycles. The first-order valence-electron chi connectivity index (χ1n) is 11.3. The van der Waals surface area contributed by atoms with Crippen molar-refractivity contribution in [3.05, 3.63) is 71.0 Å². The number of tetrazole rings is 1. The predicted molar refractivity (Wildman–Crippen MR) is 128 cm³/mol. The lowest BCUT2D eigenvalue weighted by molar-refractivity contribution is 0.0993. The topological polar surface area (TPSA) is 115 Å². The summed E-state index contributed by atoms with van der Waals surface area (Å²) in [5, 5.41) is 19.1. The summed E-state index contributed by atoms with van der Waals surface area (Å²) >= 11 is 0. The SMILES string of the molecule is CCCCc1c(C(C)C)c(C(N)=O)nn1Cc1ccc(-c2ccccc2-c2nn[nH]n2)cc1. The summed E-state index contributed by atoms with van der Waals surface area (Å²) in [6.45, 7) is 6.91. The van der Waals surface area contributed by atoms with Gasteiger partial charge in [-0.05, 0) is 40.7 Å². The average Bonchev–Trinajstić information content (AvgIpc) is 3.47. The van der Waals surface area contributed by atoms with Crippen LogP contribution in [0.3, 0.4) is 0 Å². The van der Waals surface area contributed by atoms with Crippen LogP contribution in [0.1, 0.15) is 66.8 Å². The Morgan fingerprint density at radius 2 is 1.82 bits per heavy atom. The Hall–Kier alpha value is -3.81. The summed E-state index contributed by atoms with van der Waals surface area (Å²) in [6, 6.07) is 16.3. The van der Waals surface area contributed by atoms with Crippen molar-refractivity contribution >= 4 is 5.91 Å². The maximum absolute atomic E-state index is 12.1. The first-order valence-corrected chi connectivity index (χ1v) is 11.3. The van der Waals surface area contributed by atoms with E-state index in [9.17, 15) is 4.79 Å². The minimum atomic E-state index is -0.469. The van der Waals surface area contributed by atoms with Gasteiger partial charge in [0.25, 0.3) is 5.91 Å². The molecule has 2 heterocycles.